The van der Waals surface area contributed by atoms with Crippen LogP contribution in [-0.4, -0.2) is 24.6 Å². The molecule has 4 heteroatoms. The standard InChI is InChI=1S/C15H29N3.HI/c1-5-16-13(18-14(2,3)4)17-11-15(9-6-10-15)12-7-8-12;/h12H,5-11H2,1-4H3,(H2,16,17,18);1H. The topological polar surface area (TPSA) is 36.4 Å². The fourth-order valence-corrected chi connectivity index (χ4v) is 2.92. The minimum atomic E-state index is 0. The number of halogens is 1. The van der Waals surface area contributed by atoms with Crippen LogP contribution in [0.4, 0.5) is 0 Å². The highest BCUT2D eigenvalue weighted by Crippen LogP contribution is 2.57. The normalized spacial score (nSPS) is 22.2. The van der Waals surface area contributed by atoms with Gasteiger partial charge in [0.1, 0.15) is 0 Å². The molecule has 0 aromatic rings. The van der Waals surface area contributed by atoms with Crippen molar-refractivity contribution in [2.45, 2.75) is 65.3 Å². The highest BCUT2D eigenvalue weighted by Gasteiger charge is 2.48. The van der Waals surface area contributed by atoms with E-state index in [9.17, 15) is 0 Å². The van der Waals surface area contributed by atoms with E-state index in [1.54, 1.807) is 0 Å². The number of nitrogens with one attached hydrogen (secondary N) is 2. The van der Waals surface area contributed by atoms with Gasteiger partial charge in [-0.3, -0.25) is 4.99 Å². The summed E-state index contributed by atoms with van der Waals surface area (Å²) in [6.07, 6.45) is 7.10. The molecule has 0 amide bonds. The first-order valence-electron chi connectivity index (χ1n) is 7.52. The predicted octanol–water partition coefficient (Wildman–Crippen LogP) is 3.54. The van der Waals surface area contributed by atoms with E-state index in [0.717, 1.165) is 25.0 Å². The zero-order chi connectivity index (χ0) is 13.2. The lowest BCUT2D eigenvalue weighted by molar-refractivity contribution is 0.113. The fraction of sp³-hybridized carbons (Fsp3) is 0.933. The van der Waals surface area contributed by atoms with Crippen LogP contribution in [0.1, 0.15) is 59.8 Å². The van der Waals surface area contributed by atoms with Crippen molar-refractivity contribution >= 4 is 29.9 Å². The van der Waals surface area contributed by atoms with Gasteiger partial charge in [-0.25, -0.2) is 0 Å². The third-order valence-corrected chi connectivity index (χ3v) is 4.18. The lowest BCUT2D eigenvalue weighted by Crippen LogP contribution is -2.48. The van der Waals surface area contributed by atoms with E-state index in [1.165, 1.54) is 32.1 Å². The first-order valence-corrected chi connectivity index (χ1v) is 7.52. The van der Waals surface area contributed by atoms with Gasteiger partial charge in [-0.2, -0.15) is 0 Å². The summed E-state index contributed by atoms with van der Waals surface area (Å²) < 4.78 is 0. The summed E-state index contributed by atoms with van der Waals surface area (Å²) in [7, 11) is 0. The average Bonchev–Trinajstić information content (AvgIpc) is 2.98. The van der Waals surface area contributed by atoms with Gasteiger partial charge < -0.3 is 10.6 Å². The highest BCUT2D eigenvalue weighted by molar-refractivity contribution is 14.0. The van der Waals surface area contributed by atoms with Crippen LogP contribution in [0.2, 0.25) is 0 Å². The fourth-order valence-electron chi connectivity index (χ4n) is 2.92. The van der Waals surface area contributed by atoms with Crippen molar-refractivity contribution in [3.63, 3.8) is 0 Å². The molecule has 19 heavy (non-hydrogen) atoms. The molecule has 0 saturated heterocycles. The third kappa shape index (κ3) is 4.80. The minimum Gasteiger partial charge on any atom is -0.357 e. The quantitative estimate of drug-likeness (QED) is 0.445. The molecule has 2 saturated carbocycles. The summed E-state index contributed by atoms with van der Waals surface area (Å²) in [5, 5.41) is 6.83. The van der Waals surface area contributed by atoms with Gasteiger partial charge >= 0.3 is 0 Å². The summed E-state index contributed by atoms with van der Waals surface area (Å²) >= 11 is 0. The molecule has 2 aliphatic carbocycles. The van der Waals surface area contributed by atoms with Gasteiger partial charge in [-0.05, 0) is 64.7 Å². The van der Waals surface area contributed by atoms with Crippen molar-refractivity contribution in [1.29, 1.82) is 0 Å². The molecule has 2 N–H and O–H groups in total. The van der Waals surface area contributed by atoms with Crippen LogP contribution in [0.15, 0.2) is 4.99 Å². The predicted molar refractivity (Wildman–Crippen MR) is 93.3 cm³/mol. The molecule has 3 nitrogen and oxygen atoms in total. The number of nitrogens with zero attached hydrogens (tertiary/aromatic N) is 1. The SMILES string of the molecule is CCNC(=NCC1(C2CC2)CCC1)NC(C)(C)C.I. The summed E-state index contributed by atoms with van der Waals surface area (Å²) in [5.41, 5.74) is 0.646. The maximum Gasteiger partial charge on any atom is 0.191 e. The van der Waals surface area contributed by atoms with Crippen molar-refractivity contribution in [3.05, 3.63) is 0 Å². The molecule has 0 unspecified atom stereocenters. The minimum absolute atomic E-state index is 0. The van der Waals surface area contributed by atoms with Crippen LogP contribution in [0, 0.1) is 11.3 Å². The lowest BCUT2D eigenvalue weighted by Gasteiger charge is -2.41. The smallest absolute Gasteiger partial charge is 0.191 e. The number of guanidine groups is 1. The Morgan fingerprint density at radius 3 is 2.26 bits per heavy atom. The summed E-state index contributed by atoms with van der Waals surface area (Å²) in [4.78, 5) is 4.85. The molecule has 0 heterocycles. The van der Waals surface area contributed by atoms with Gasteiger partial charge in [-0.15, -0.1) is 24.0 Å². The van der Waals surface area contributed by atoms with Gasteiger partial charge in [0.2, 0.25) is 0 Å². The number of rotatable bonds is 4. The average molecular weight is 379 g/mol. The Balaban J connectivity index is 0.00000180. The number of aliphatic imine (C=N–C) groups is 1. The second-order valence-corrected chi connectivity index (χ2v) is 7.06. The molecule has 2 fully saturated rings. The van der Waals surface area contributed by atoms with Gasteiger partial charge in [0.05, 0.1) is 0 Å². The molecule has 2 aliphatic rings. The Morgan fingerprint density at radius 2 is 1.89 bits per heavy atom. The largest absolute Gasteiger partial charge is 0.357 e. The summed E-state index contributed by atoms with van der Waals surface area (Å²) in [6, 6.07) is 0. The summed E-state index contributed by atoms with van der Waals surface area (Å²) in [5.74, 6) is 1.96. The third-order valence-electron chi connectivity index (χ3n) is 4.18. The molecular formula is C15H30IN3. The van der Waals surface area contributed by atoms with Crippen molar-refractivity contribution in [3.8, 4) is 0 Å². The van der Waals surface area contributed by atoms with E-state index in [4.69, 9.17) is 4.99 Å². The zero-order valence-electron chi connectivity index (χ0n) is 12.9. The first-order chi connectivity index (χ1) is 8.45. The molecule has 0 radical (unpaired) electrons. The van der Waals surface area contributed by atoms with E-state index >= 15 is 0 Å². The van der Waals surface area contributed by atoms with Crippen LogP contribution in [0.25, 0.3) is 0 Å². The van der Waals surface area contributed by atoms with Gasteiger partial charge in [-0.1, -0.05) is 6.42 Å². The number of hydrogen-bond acceptors (Lipinski definition) is 1. The van der Waals surface area contributed by atoms with E-state index < -0.39 is 0 Å². The van der Waals surface area contributed by atoms with Crippen LogP contribution in [-0.2, 0) is 0 Å². The molecule has 0 aliphatic heterocycles. The van der Waals surface area contributed by atoms with E-state index in [2.05, 4.69) is 38.3 Å². The monoisotopic (exact) mass is 379 g/mol. The van der Waals surface area contributed by atoms with Gasteiger partial charge in [0.15, 0.2) is 5.96 Å². The Hall–Kier alpha value is 0. The van der Waals surface area contributed by atoms with Crippen molar-refractivity contribution in [2.24, 2.45) is 16.3 Å². The molecule has 0 atom stereocenters. The number of hydrogen-bond donors (Lipinski definition) is 2. The molecule has 0 aromatic heterocycles. The molecule has 0 spiro atoms. The molecule has 0 aromatic carbocycles. The van der Waals surface area contributed by atoms with E-state index in [0.29, 0.717) is 5.41 Å². The second kappa shape index (κ2) is 6.64. The van der Waals surface area contributed by atoms with Crippen LogP contribution in [0.5, 0.6) is 0 Å². The Bertz CT molecular complexity index is 312. The maximum atomic E-state index is 4.85. The van der Waals surface area contributed by atoms with E-state index in [1.807, 2.05) is 0 Å². The second-order valence-electron chi connectivity index (χ2n) is 7.06. The van der Waals surface area contributed by atoms with E-state index in [-0.39, 0.29) is 29.5 Å². The molecular weight excluding hydrogens is 349 g/mol. The van der Waals surface area contributed by atoms with Gasteiger partial charge in [0.25, 0.3) is 0 Å². The van der Waals surface area contributed by atoms with Crippen molar-refractivity contribution < 1.29 is 0 Å². The molecule has 0 bridgehead atoms. The Morgan fingerprint density at radius 1 is 1.26 bits per heavy atom. The highest BCUT2D eigenvalue weighted by atomic mass is 127. The molecule has 112 valence electrons. The lowest BCUT2D eigenvalue weighted by atomic mass is 9.65. The maximum absolute atomic E-state index is 4.85. The van der Waals surface area contributed by atoms with Crippen molar-refractivity contribution in [1.82, 2.24) is 10.6 Å². The van der Waals surface area contributed by atoms with Crippen LogP contribution < -0.4 is 10.6 Å². The molecule has 2 rings (SSSR count). The van der Waals surface area contributed by atoms with Crippen LogP contribution >= 0.6 is 24.0 Å². The Kier molecular flexibility index (Phi) is 5.96. The first kappa shape index (κ1) is 17.1. The zero-order valence-corrected chi connectivity index (χ0v) is 15.2. The summed E-state index contributed by atoms with van der Waals surface area (Å²) in [6.45, 7) is 10.6. The van der Waals surface area contributed by atoms with Crippen molar-refractivity contribution in [2.75, 3.05) is 13.1 Å². The Labute approximate surface area is 135 Å². The van der Waals surface area contributed by atoms with Gasteiger partial charge in [0, 0.05) is 18.6 Å². The van der Waals surface area contributed by atoms with Crippen LogP contribution in [0.3, 0.4) is 0 Å².